The molecule has 0 saturated carbocycles. The normalized spacial score (nSPS) is 14.9. The smallest absolute Gasteiger partial charge is 0.254 e. The lowest BCUT2D eigenvalue weighted by atomic mass is 10.0. The summed E-state index contributed by atoms with van der Waals surface area (Å²) in [6, 6.07) is 1.96. The number of ketones is 1. The zero-order valence-corrected chi connectivity index (χ0v) is 17.3. The fourth-order valence-corrected chi connectivity index (χ4v) is 4.44. The molecule has 150 valence electrons. The van der Waals surface area contributed by atoms with Crippen molar-refractivity contribution in [1.29, 1.82) is 0 Å². The SMILES string of the molecule is Cc1cc(C(=O)CCC(=O)N2CCC(NC(=O)c3cnn(C)c3)CC2)c(C)s1. The second-order valence-corrected chi connectivity index (χ2v) is 8.74. The van der Waals surface area contributed by atoms with Gasteiger partial charge in [0.2, 0.25) is 5.91 Å². The van der Waals surface area contributed by atoms with Crippen LogP contribution >= 0.6 is 11.3 Å². The van der Waals surface area contributed by atoms with Gasteiger partial charge in [0.15, 0.2) is 5.78 Å². The van der Waals surface area contributed by atoms with Crippen LogP contribution in [0.5, 0.6) is 0 Å². The number of hydrogen-bond acceptors (Lipinski definition) is 5. The second kappa shape index (κ2) is 8.68. The Morgan fingerprint density at radius 3 is 2.50 bits per heavy atom. The van der Waals surface area contributed by atoms with Crippen molar-refractivity contribution >= 4 is 28.9 Å². The first kappa shape index (κ1) is 20.3. The standard InChI is InChI=1S/C20H26N4O3S/c1-13-10-17(14(2)28-13)18(25)4-5-19(26)24-8-6-16(7-9-24)22-20(27)15-11-21-23(3)12-15/h10-12,16H,4-9H2,1-3H3,(H,22,27). The first-order chi connectivity index (χ1) is 13.3. The van der Waals surface area contributed by atoms with Gasteiger partial charge < -0.3 is 10.2 Å². The third kappa shape index (κ3) is 4.86. The number of likely N-dealkylation sites (tertiary alicyclic amines) is 1. The van der Waals surface area contributed by atoms with Crippen molar-refractivity contribution in [2.45, 2.75) is 45.6 Å². The molecule has 8 heteroatoms. The molecule has 7 nitrogen and oxygen atoms in total. The van der Waals surface area contributed by atoms with E-state index in [2.05, 4.69) is 10.4 Å². The molecule has 0 aliphatic carbocycles. The van der Waals surface area contributed by atoms with Gasteiger partial charge in [-0.1, -0.05) is 0 Å². The number of nitrogens with one attached hydrogen (secondary N) is 1. The van der Waals surface area contributed by atoms with Crippen molar-refractivity contribution in [1.82, 2.24) is 20.0 Å². The minimum atomic E-state index is -0.134. The van der Waals surface area contributed by atoms with Crippen LogP contribution in [0.25, 0.3) is 0 Å². The molecule has 1 aliphatic heterocycles. The lowest BCUT2D eigenvalue weighted by Gasteiger charge is -2.32. The van der Waals surface area contributed by atoms with E-state index in [0.29, 0.717) is 31.5 Å². The minimum Gasteiger partial charge on any atom is -0.349 e. The van der Waals surface area contributed by atoms with Crippen LogP contribution in [0, 0.1) is 13.8 Å². The summed E-state index contributed by atoms with van der Waals surface area (Å²) in [6.07, 6.45) is 5.14. The van der Waals surface area contributed by atoms with Gasteiger partial charge in [0.1, 0.15) is 0 Å². The number of amides is 2. The molecule has 0 atom stereocenters. The molecule has 2 aromatic heterocycles. The average Bonchev–Trinajstić information content (AvgIpc) is 3.25. The third-order valence-electron chi connectivity index (χ3n) is 5.06. The first-order valence-corrected chi connectivity index (χ1v) is 10.3. The summed E-state index contributed by atoms with van der Waals surface area (Å²) >= 11 is 1.61. The Hall–Kier alpha value is -2.48. The van der Waals surface area contributed by atoms with E-state index in [4.69, 9.17) is 0 Å². The Balaban J connectivity index is 1.43. The van der Waals surface area contributed by atoms with E-state index in [1.165, 1.54) is 0 Å². The molecule has 1 saturated heterocycles. The second-order valence-electron chi connectivity index (χ2n) is 7.28. The summed E-state index contributed by atoms with van der Waals surface area (Å²) < 4.78 is 1.59. The van der Waals surface area contributed by atoms with Crippen molar-refractivity contribution in [3.8, 4) is 0 Å². The van der Waals surface area contributed by atoms with Crippen molar-refractivity contribution in [2.24, 2.45) is 7.05 Å². The van der Waals surface area contributed by atoms with E-state index in [9.17, 15) is 14.4 Å². The molecule has 1 aliphatic rings. The van der Waals surface area contributed by atoms with Gasteiger partial charge in [-0.3, -0.25) is 19.1 Å². The Morgan fingerprint density at radius 1 is 1.21 bits per heavy atom. The highest BCUT2D eigenvalue weighted by Gasteiger charge is 2.25. The van der Waals surface area contributed by atoms with Crippen LogP contribution in [0.3, 0.4) is 0 Å². The van der Waals surface area contributed by atoms with Crippen LogP contribution in [-0.2, 0) is 11.8 Å². The van der Waals surface area contributed by atoms with E-state index < -0.39 is 0 Å². The number of aryl methyl sites for hydroxylation is 3. The van der Waals surface area contributed by atoms with Gasteiger partial charge in [-0.25, -0.2) is 0 Å². The molecular formula is C20H26N4O3S. The maximum Gasteiger partial charge on any atom is 0.254 e. The van der Waals surface area contributed by atoms with Gasteiger partial charge in [0, 0.05) is 60.5 Å². The highest BCUT2D eigenvalue weighted by molar-refractivity contribution is 7.12. The van der Waals surface area contributed by atoms with Gasteiger partial charge >= 0.3 is 0 Å². The number of Topliss-reactive ketones (excluding diaryl/α,β-unsaturated/α-hetero) is 1. The number of hydrogen-bond donors (Lipinski definition) is 1. The zero-order valence-electron chi connectivity index (χ0n) is 16.5. The van der Waals surface area contributed by atoms with Crippen molar-refractivity contribution in [2.75, 3.05) is 13.1 Å². The molecule has 0 radical (unpaired) electrons. The third-order valence-corrected chi connectivity index (χ3v) is 6.02. The van der Waals surface area contributed by atoms with E-state index in [-0.39, 0.29) is 36.5 Å². The van der Waals surface area contributed by atoms with Crippen LogP contribution < -0.4 is 5.32 Å². The molecule has 1 fully saturated rings. The molecule has 2 amide bonds. The predicted octanol–water partition coefficient (Wildman–Crippen LogP) is 2.48. The number of carbonyl (C=O) groups is 3. The number of rotatable bonds is 6. The van der Waals surface area contributed by atoms with Crippen LogP contribution in [0.15, 0.2) is 18.5 Å². The molecule has 0 spiro atoms. The van der Waals surface area contributed by atoms with Gasteiger partial charge in [-0.15, -0.1) is 11.3 Å². The van der Waals surface area contributed by atoms with Crippen LogP contribution in [0.2, 0.25) is 0 Å². The zero-order chi connectivity index (χ0) is 20.3. The van der Waals surface area contributed by atoms with Crippen molar-refractivity contribution in [3.63, 3.8) is 0 Å². The van der Waals surface area contributed by atoms with Crippen LogP contribution in [-0.4, -0.2) is 51.4 Å². The van der Waals surface area contributed by atoms with Crippen molar-refractivity contribution in [3.05, 3.63) is 39.3 Å². The van der Waals surface area contributed by atoms with Gasteiger partial charge in [-0.05, 0) is 32.8 Å². The molecule has 3 rings (SSSR count). The highest BCUT2D eigenvalue weighted by Crippen LogP contribution is 2.22. The largest absolute Gasteiger partial charge is 0.349 e. The summed E-state index contributed by atoms with van der Waals surface area (Å²) in [5.41, 5.74) is 1.28. The van der Waals surface area contributed by atoms with Gasteiger partial charge in [0.05, 0.1) is 11.8 Å². The molecule has 1 N–H and O–H groups in total. The average molecular weight is 403 g/mol. The quantitative estimate of drug-likeness (QED) is 0.753. The predicted molar refractivity (Wildman–Crippen MR) is 108 cm³/mol. The molecule has 28 heavy (non-hydrogen) atoms. The topological polar surface area (TPSA) is 84.3 Å². The Morgan fingerprint density at radius 2 is 1.93 bits per heavy atom. The molecule has 0 aromatic carbocycles. The summed E-state index contributed by atoms with van der Waals surface area (Å²) in [7, 11) is 1.77. The highest BCUT2D eigenvalue weighted by atomic mass is 32.1. The molecule has 2 aromatic rings. The minimum absolute atomic E-state index is 0.00925. The number of piperidine rings is 1. The van der Waals surface area contributed by atoms with Crippen LogP contribution in [0.4, 0.5) is 0 Å². The first-order valence-electron chi connectivity index (χ1n) is 9.51. The molecule has 0 unspecified atom stereocenters. The summed E-state index contributed by atoms with van der Waals surface area (Å²) in [6.45, 7) is 5.12. The number of aromatic nitrogens is 2. The number of carbonyl (C=O) groups excluding carboxylic acids is 3. The van der Waals surface area contributed by atoms with Gasteiger partial charge in [-0.2, -0.15) is 5.10 Å². The van der Waals surface area contributed by atoms with Crippen LogP contribution in [0.1, 0.15) is 56.2 Å². The summed E-state index contributed by atoms with van der Waals surface area (Å²) in [5.74, 6) is -0.0892. The Bertz CT molecular complexity index is 878. The lowest BCUT2D eigenvalue weighted by molar-refractivity contribution is -0.132. The Kier molecular flexibility index (Phi) is 6.28. The molecule has 0 bridgehead atoms. The van der Waals surface area contributed by atoms with E-state index in [1.54, 1.807) is 40.4 Å². The fraction of sp³-hybridized carbons (Fsp3) is 0.500. The fourth-order valence-electron chi connectivity index (χ4n) is 3.50. The Labute approximate surface area is 168 Å². The van der Waals surface area contributed by atoms with Crippen molar-refractivity contribution < 1.29 is 14.4 Å². The number of nitrogens with zero attached hydrogens (tertiary/aromatic N) is 3. The molecule has 3 heterocycles. The maximum absolute atomic E-state index is 12.5. The summed E-state index contributed by atoms with van der Waals surface area (Å²) in [4.78, 5) is 40.9. The van der Waals surface area contributed by atoms with E-state index in [0.717, 1.165) is 15.3 Å². The van der Waals surface area contributed by atoms with Gasteiger partial charge in [0.25, 0.3) is 5.91 Å². The monoisotopic (exact) mass is 402 g/mol. The van der Waals surface area contributed by atoms with E-state index >= 15 is 0 Å². The maximum atomic E-state index is 12.5. The number of thiophene rings is 1. The summed E-state index contributed by atoms with van der Waals surface area (Å²) in [5, 5.41) is 7.01. The molecular weight excluding hydrogens is 376 g/mol. The lowest BCUT2D eigenvalue weighted by Crippen LogP contribution is -2.46. The van der Waals surface area contributed by atoms with E-state index in [1.807, 2.05) is 19.9 Å².